The largest absolute Gasteiger partial charge is 0.463 e. The number of amides is 1. The second-order valence-electron chi connectivity index (χ2n) is 5.13. The number of carbonyl (C=O) groups excluding carboxylic acids is 2. The fourth-order valence-electron chi connectivity index (χ4n) is 0.932. The molecular weight excluding hydrogens is 226 g/mol. The minimum absolute atomic E-state index is 0.113. The first kappa shape index (κ1) is 15.7. The lowest BCUT2D eigenvalue weighted by Crippen LogP contribution is -2.53. The predicted molar refractivity (Wildman–Crippen MR) is 61.5 cm³/mol. The maximum absolute atomic E-state index is 11.5. The third-order valence-electron chi connectivity index (χ3n) is 1.75. The van der Waals surface area contributed by atoms with Gasteiger partial charge in [0.25, 0.3) is 0 Å². The van der Waals surface area contributed by atoms with Gasteiger partial charge in [-0.2, -0.15) is 0 Å². The number of ether oxygens (including phenoxy) is 2. The molecule has 6 heteroatoms. The molecule has 2 N–H and O–H groups in total. The number of nitrogens with one attached hydrogen (secondary N) is 1. The van der Waals surface area contributed by atoms with Gasteiger partial charge >= 0.3 is 12.1 Å². The van der Waals surface area contributed by atoms with Gasteiger partial charge in [0.1, 0.15) is 12.2 Å². The lowest BCUT2D eigenvalue weighted by Gasteiger charge is -2.29. The minimum atomic E-state index is -1.05. The molecule has 0 saturated carbocycles. The van der Waals surface area contributed by atoms with E-state index in [-0.39, 0.29) is 13.2 Å². The summed E-state index contributed by atoms with van der Waals surface area (Å²) in [7, 11) is 0. The van der Waals surface area contributed by atoms with E-state index in [1.165, 1.54) is 6.92 Å². The number of carbonyl (C=O) groups is 2. The van der Waals surface area contributed by atoms with Crippen LogP contribution in [0, 0.1) is 0 Å². The van der Waals surface area contributed by atoms with E-state index < -0.39 is 23.2 Å². The van der Waals surface area contributed by atoms with Crippen LogP contribution in [0.4, 0.5) is 4.79 Å². The van der Waals surface area contributed by atoms with E-state index in [9.17, 15) is 14.7 Å². The molecule has 0 radical (unpaired) electrons. The summed E-state index contributed by atoms with van der Waals surface area (Å²) in [6, 6.07) is 0. The lowest BCUT2D eigenvalue weighted by molar-refractivity contribution is -0.143. The van der Waals surface area contributed by atoms with Crippen LogP contribution in [0.3, 0.4) is 0 Å². The maximum atomic E-state index is 11.5. The summed E-state index contributed by atoms with van der Waals surface area (Å²) in [5.74, 6) is -0.476. The number of hydrogen-bond donors (Lipinski definition) is 2. The molecule has 1 atom stereocenters. The van der Waals surface area contributed by atoms with Crippen LogP contribution in [0.15, 0.2) is 0 Å². The van der Waals surface area contributed by atoms with Gasteiger partial charge in [-0.25, -0.2) is 4.79 Å². The van der Waals surface area contributed by atoms with Crippen molar-refractivity contribution in [2.75, 3.05) is 13.2 Å². The van der Waals surface area contributed by atoms with Crippen molar-refractivity contribution >= 4 is 12.1 Å². The van der Waals surface area contributed by atoms with Crippen LogP contribution in [0.25, 0.3) is 0 Å². The van der Waals surface area contributed by atoms with E-state index in [2.05, 4.69) is 5.32 Å². The standard InChI is InChI=1S/C11H21NO5/c1-8(14)16-7-11(5,6-13)12-9(15)17-10(2,3)4/h13H,6-7H2,1-5H3,(H,12,15)/t11-/m1/s1. The number of hydrogen-bond acceptors (Lipinski definition) is 5. The number of alkyl carbamates (subject to hydrolysis) is 1. The van der Waals surface area contributed by atoms with Crippen molar-refractivity contribution in [2.45, 2.75) is 45.8 Å². The molecule has 0 rings (SSSR count). The van der Waals surface area contributed by atoms with E-state index in [4.69, 9.17) is 9.47 Å². The van der Waals surface area contributed by atoms with Crippen LogP contribution in [0.2, 0.25) is 0 Å². The van der Waals surface area contributed by atoms with Gasteiger partial charge in [-0.3, -0.25) is 4.79 Å². The minimum Gasteiger partial charge on any atom is -0.463 e. The van der Waals surface area contributed by atoms with Gasteiger partial charge in [0.15, 0.2) is 0 Å². The second kappa shape index (κ2) is 5.86. The summed E-state index contributed by atoms with van der Waals surface area (Å²) in [6.45, 7) is 7.53. The van der Waals surface area contributed by atoms with Gasteiger partial charge < -0.3 is 19.9 Å². The highest BCUT2D eigenvalue weighted by Crippen LogP contribution is 2.10. The van der Waals surface area contributed by atoms with Crippen molar-refractivity contribution in [3.8, 4) is 0 Å². The molecule has 100 valence electrons. The van der Waals surface area contributed by atoms with Gasteiger partial charge in [-0.05, 0) is 27.7 Å². The molecule has 0 unspecified atom stereocenters. The zero-order chi connectivity index (χ0) is 13.7. The van der Waals surface area contributed by atoms with E-state index in [1.807, 2.05) is 0 Å². The summed E-state index contributed by atoms with van der Waals surface area (Å²) in [6.07, 6.45) is -0.666. The molecule has 6 nitrogen and oxygen atoms in total. The van der Waals surface area contributed by atoms with Gasteiger partial charge in [-0.15, -0.1) is 0 Å². The summed E-state index contributed by atoms with van der Waals surface area (Å²) < 4.78 is 9.80. The topological polar surface area (TPSA) is 84.9 Å². The van der Waals surface area contributed by atoms with Gasteiger partial charge in [0, 0.05) is 6.92 Å². The van der Waals surface area contributed by atoms with Crippen LogP contribution in [-0.2, 0) is 14.3 Å². The molecule has 0 aliphatic rings. The number of rotatable bonds is 4. The van der Waals surface area contributed by atoms with Crippen LogP contribution in [0.5, 0.6) is 0 Å². The van der Waals surface area contributed by atoms with Crippen molar-refractivity contribution in [1.82, 2.24) is 5.32 Å². The van der Waals surface area contributed by atoms with E-state index >= 15 is 0 Å². The van der Waals surface area contributed by atoms with Crippen molar-refractivity contribution in [1.29, 1.82) is 0 Å². The second-order valence-corrected chi connectivity index (χ2v) is 5.13. The Kier molecular flexibility index (Phi) is 5.41. The molecule has 0 fully saturated rings. The van der Waals surface area contributed by atoms with Gasteiger partial charge in [0.05, 0.1) is 12.1 Å². The molecule has 0 heterocycles. The van der Waals surface area contributed by atoms with Crippen molar-refractivity contribution in [3.05, 3.63) is 0 Å². The van der Waals surface area contributed by atoms with Crippen molar-refractivity contribution in [2.24, 2.45) is 0 Å². The van der Waals surface area contributed by atoms with E-state index in [0.29, 0.717) is 0 Å². The molecule has 0 bridgehead atoms. The summed E-state index contributed by atoms with van der Waals surface area (Å²) in [5.41, 5.74) is -1.67. The number of aliphatic hydroxyl groups excluding tert-OH is 1. The summed E-state index contributed by atoms with van der Waals surface area (Å²) >= 11 is 0. The van der Waals surface area contributed by atoms with E-state index in [0.717, 1.165) is 0 Å². The highest BCUT2D eigenvalue weighted by molar-refractivity contribution is 5.69. The SMILES string of the molecule is CC(=O)OC[C@@](C)(CO)NC(=O)OC(C)(C)C. The molecule has 17 heavy (non-hydrogen) atoms. The third kappa shape index (κ3) is 7.57. The maximum Gasteiger partial charge on any atom is 0.408 e. The number of esters is 1. The Hall–Kier alpha value is -1.30. The van der Waals surface area contributed by atoms with Crippen molar-refractivity contribution < 1.29 is 24.2 Å². The zero-order valence-corrected chi connectivity index (χ0v) is 11.0. The van der Waals surface area contributed by atoms with E-state index in [1.54, 1.807) is 27.7 Å². The first-order valence-corrected chi connectivity index (χ1v) is 5.33. The first-order chi connectivity index (χ1) is 7.58. The summed E-state index contributed by atoms with van der Waals surface area (Å²) in [5, 5.41) is 11.7. The average Bonchev–Trinajstić information content (AvgIpc) is 2.11. The van der Waals surface area contributed by atoms with Crippen LogP contribution >= 0.6 is 0 Å². The van der Waals surface area contributed by atoms with Gasteiger partial charge in [-0.1, -0.05) is 0 Å². The summed E-state index contributed by atoms with van der Waals surface area (Å²) in [4.78, 5) is 22.2. The molecule has 0 aromatic heterocycles. The van der Waals surface area contributed by atoms with Crippen molar-refractivity contribution in [3.63, 3.8) is 0 Å². The molecule has 0 aliphatic carbocycles. The van der Waals surface area contributed by atoms with Crippen LogP contribution < -0.4 is 5.32 Å². The fourth-order valence-corrected chi connectivity index (χ4v) is 0.932. The Morgan fingerprint density at radius 2 is 1.76 bits per heavy atom. The molecular formula is C11H21NO5. The third-order valence-corrected chi connectivity index (χ3v) is 1.75. The highest BCUT2D eigenvalue weighted by Gasteiger charge is 2.29. The Morgan fingerprint density at radius 3 is 2.12 bits per heavy atom. The monoisotopic (exact) mass is 247 g/mol. The Bertz CT molecular complexity index is 284. The predicted octanol–water partition coefficient (Wildman–Crippen LogP) is 0.825. The molecule has 0 aromatic carbocycles. The average molecular weight is 247 g/mol. The lowest BCUT2D eigenvalue weighted by atomic mass is 10.1. The smallest absolute Gasteiger partial charge is 0.408 e. The number of aliphatic hydroxyl groups is 1. The normalized spacial score (nSPS) is 14.7. The Morgan fingerprint density at radius 1 is 1.24 bits per heavy atom. The Labute approximate surface area is 101 Å². The molecule has 0 saturated heterocycles. The quantitative estimate of drug-likeness (QED) is 0.719. The highest BCUT2D eigenvalue weighted by atomic mass is 16.6. The fraction of sp³-hybridized carbons (Fsp3) is 0.818. The first-order valence-electron chi connectivity index (χ1n) is 5.33. The zero-order valence-electron chi connectivity index (χ0n) is 11.0. The van der Waals surface area contributed by atoms with Gasteiger partial charge in [0.2, 0.25) is 0 Å². The Balaban J connectivity index is 4.37. The molecule has 0 aliphatic heterocycles. The molecule has 0 aromatic rings. The van der Waals surface area contributed by atoms with Crippen LogP contribution in [0.1, 0.15) is 34.6 Å². The van der Waals surface area contributed by atoms with Crippen LogP contribution in [-0.4, -0.2) is 41.5 Å². The molecule has 0 spiro atoms. The molecule has 1 amide bonds.